The fourth-order valence-electron chi connectivity index (χ4n) is 1.46. The summed E-state index contributed by atoms with van der Waals surface area (Å²) >= 11 is 0. The van der Waals surface area contributed by atoms with Crippen molar-refractivity contribution >= 4 is 15.9 Å². The Morgan fingerprint density at radius 1 is 1.28 bits per heavy atom. The molecule has 0 aromatic heterocycles. The molecule has 18 heavy (non-hydrogen) atoms. The van der Waals surface area contributed by atoms with Crippen molar-refractivity contribution in [3.63, 3.8) is 0 Å². The molecule has 0 unspecified atom stereocenters. The quantitative estimate of drug-likeness (QED) is 0.857. The molecule has 0 aliphatic carbocycles. The van der Waals surface area contributed by atoms with E-state index in [1.54, 1.807) is 24.1 Å². The number of amides is 1. The highest BCUT2D eigenvalue weighted by Gasteiger charge is 2.09. The van der Waals surface area contributed by atoms with Gasteiger partial charge in [0.05, 0.1) is 4.90 Å². The minimum atomic E-state index is -3.64. The largest absolute Gasteiger partial charge is 0.346 e. The smallest absolute Gasteiger partial charge is 0.238 e. The van der Waals surface area contributed by atoms with E-state index in [0.29, 0.717) is 19.4 Å². The molecular weight excluding hydrogens is 252 g/mol. The van der Waals surface area contributed by atoms with Crippen LogP contribution in [-0.2, 0) is 21.2 Å². The van der Waals surface area contributed by atoms with Gasteiger partial charge in [-0.25, -0.2) is 13.6 Å². The molecule has 0 aliphatic rings. The molecular formula is C12H18N2O3S. The summed E-state index contributed by atoms with van der Waals surface area (Å²) in [6, 6.07) is 6.27. The molecule has 0 heterocycles. The van der Waals surface area contributed by atoms with Crippen molar-refractivity contribution in [3.05, 3.63) is 29.8 Å². The van der Waals surface area contributed by atoms with Gasteiger partial charge >= 0.3 is 0 Å². The molecule has 1 aromatic rings. The molecule has 0 saturated carbocycles. The van der Waals surface area contributed by atoms with E-state index in [0.717, 1.165) is 5.56 Å². The predicted molar refractivity (Wildman–Crippen MR) is 69.4 cm³/mol. The molecule has 2 N–H and O–H groups in total. The number of hydrogen-bond acceptors (Lipinski definition) is 3. The number of carbonyl (C=O) groups is 1. The molecule has 1 amide bonds. The molecule has 0 bridgehead atoms. The zero-order chi connectivity index (χ0) is 13.8. The van der Waals surface area contributed by atoms with Crippen LogP contribution in [0.4, 0.5) is 0 Å². The maximum atomic E-state index is 11.6. The number of nitrogens with two attached hydrogens (primary N) is 1. The van der Waals surface area contributed by atoms with Gasteiger partial charge in [0.25, 0.3) is 0 Å². The van der Waals surface area contributed by atoms with Crippen LogP contribution < -0.4 is 5.14 Å². The van der Waals surface area contributed by atoms with Crippen LogP contribution in [0.15, 0.2) is 29.2 Å². The Bertz CT molecular complexity index is 509. The fourth-order valence-corrected chi connectivity index (χ4v) is 1.98. The lowest BCUT2D eigenvalue weighted by Gasteiger charge is -2.14. The van der Waals surface area contributed by atoms with Crippen molar-refractivity contribution in [2.24, 2.45) is 5.14 Å². The summed E-state index contributed by atoms with van der Waals surface area (Å²) in [7, 11) is -1.89. The van der Waals surface area contributed by atoms with E-state index in [1.165, 1.54) is 12.1 Å². The molecule has 6 heteroatoms. The van der Waals surface area contributed by atoms with Gasteiger partial charge in [0.1, 0.15) is 0 Å². The van der Waals surface area contributed by atoms with Gasteiger partial charge in [-0.1, -0.05) is 12.1 Å². The highest BCUT2D eigenvalue weighted by molar-refractivity contribution is 7.89. The van der Waals surface area contributed by atoms with Crippen LogP contribution in [0.2, 0.25) is 0 Å². The lowest BCUT2D eigenvalue weighted by molar-refractivity contribution is -0.129. The minimum Gasteiger partial charge on any atom is -0.346 e. The molecule has 100 valence electrons. The summed E-state index contributed by atoms with van der Waals surface area (Å²) < 4.78 is 22.1. The fraction of sp³-hybridized carbons (Fsp3) is 0.417. The third kappa shape index (κ3) is 4.12. The minimum absolute atomic E-state index is 0.0769. The summed E-state index contributed by atoms with van der Waals surface area (Å²) in [5, 5.41) is 5.00. The monoisotopic (exact) mass is 270 g/mol. The van der Waals surface area contributed by atoms with Crippen molar-refractivity contribution in [2.75, 3.05) is 13.6 Å². The van der Waals surface area contributed by atoms with Crippen LogP contribution in [0.3, 0.4) is 0 Å². The van der Waals surface area contributed by atoms with Crippen LogP contribution >= 0.6 is 0 Å². The molecule has 0 saturated heterocycles. The Kier molecular flexibility index (Phi) is 4.86. The molecule has 1 rings (SSSR count). The SMILES string of the molecule is CCN(C)C(=O)CCc1ccc(S(N)(=O)=O)cc1. The summed E-state index contributed by atoms with van der Waals surface area (Å²) in [4.78, 5) is 13.3. The predicted octanol–water partition coefficient (Wildman–Crippen LogP) is 0.745. The summed E-state index contributed by atoms with van der Waals surface area (Å²) in [5.74, 6) is 0.0769. The van der Waals surface area contributed by atoms with Gasteiger partial charge in [-0.15, -0.1) is 0 Å². The number of carbonyl (C=O) groups excluding carboxylic acids is 1. The topological polar surface area (TPSA) is 80.5 Å². The van der Waals surface area contributed by atoms with E-state index >= 15 is 0 Å². The first-order valence-electron chi connectivity index (χ1n) is 5.70. The van der Waals surface area contributed by atoms with E-state index < -0.39 is 10.0 Å². The van der Waals surface area contributed by atoms with E-state index in [4.69, 9.17) is 5.14 Å². The van der Waals surface area contributed by atoms with E-state index in [-0.39, 0.29) is 10.8 Å². The van der Waals surface area contributed by atoms with Gasteiger partial charge in [0.2, 0.25) is 15.9 Å². The molecule has 1 aromatic carbocycles. The van der Waals surface area contributed by atoms with Gasteiger partial charge < -0.3 is 4.90 Å². The van der Waals surface area contributed by atoms with Crippen molar-refractivity contribution in [2.45, 2.75) is 24.7 Å². The van der Waals surface area contributed by atoms with Crippen LogP contribution in [0.25, 0.3) is 0 Å². The summed E-state index contributed by atoms with van der Waals surface area (Å²) in [5.41, 5.74) is 0.917. The molecule has 0 aliphatic heterocycles. The average Bonchev–Trinajstić information content (AvgIpc) is 2.34. The van der Waals surface area contributed by atoms with Gasteiger partial charge in [-0.3, -0.25) is 4.79 Å². The van der Waals surface area contributed by atoms with Crippen molar-refractivity contribution < 1.29 is 13.2 Å². The maximum absolute atomic E-state index is 11.6. The maximum Gasteiger partial charge on any atom is 0.238 e. The number of sulfonamides is 1. The first kappa shape index (κ1) is 14.7. The highest BCUT2D eigenvalue weighted by atomic mass is 32.2. The summed E-state index contributed by atoms with van der Waals surface area (Å²) in [6.07, 6.45) is 1.01. The van der Waals surface area contributed by atoms with E-state index in [2.05, 4.69) is 0 Å². The molecule has 0 radical (unpaired) electrons. The van der Waals surface area contributed by atoms with Gasteiger partial charge in [0, 0.05) is 20.0 Å². The molecule has 0 atom stereocenters. The first-order chi connectivity index (χ1) is 8.34. The third-order valence-corrected chi connectivity index (χ3v) is 3.71. The lowest BCUT2D eigenvalue weighted by Crippen LogP contribution is -2.26. The van der Waals surface area contributed by atoms with Crippen molar-refractivity contribution in [1.29, 1.82) is 0 Å². The number of primary sulfonamides is 1. The lowest BCUT2D eigenvalue weighted by atomic mass is 10.1. The number of nitrogens with zero attached hydrogens (tertiary/aromatic N) is 1. The Morgan fingerprint density at radius 3 is 2.28 bits per heavy atom. The van der Waals surface area contributed by atoms with Gasteiger partial charge in [-0.05, 0) is 31.0 Å². The number of rotatable bonds is 5. The second-order valence-corrected chi connectivity index (χ2v) is 5.66. The van der Waals surface area contributed by atoms with Crippen LogP contribution in [0.5, 0.6) is 0 Å². The summed E-state index contributed by atoms with van der Waals surface area (Å²) in [6.45, 7) is 2.60. The zero-order valence-electron chi connectivity index (χ0n) is 10.6. The Hall–Kier alpha value is -1.40. The Balaban J connectivity index is 2.63. The average molecular weight is 270 g/mol. The first-order valence-corrected chi connectivity index (χ1v) is 7.25. The standard InChI is InChI=1S/C12H18N2O3S/c1-3-14(2)12(15)9-6-10-4-7-11(8-5-10)18(13,16)17/h4-5,7-8H,3,6,9H2,1-2H3,(H2,13,16,17). The van der Waals surface area contributed by atoms with Crippen LogP contribution in [0.1, 0.15) is 18.9 Å². The molecule has 5 nitrogen and oxygen atoms in total. The van der Waals surface area contributed by atoms with Crippen molar-refractivity contribution in [3.8, 4) is 0 Å². The Morgan fingerprint density at radius 2 is 1.83 bits per heavy atom. The molecule has 0 spiro atoms. The Labute approximate surface area is 108 Å². The van der Waals surface area contributed by atoms with E-state index in [1.807, 2.05) is 6.92 Å². The third-order valence-electron chi connectivity index (χ3n) is 2.78. The van der Waals surface area contributed by atoms with Crippen LogP contribution in [0, 0.1) is 0 Å². The number of benzene rings is 1. The number of hydrogen-bond donors (Lipinski definition) is 1. The van der Waals surface area contributed by atoms with Crippen LogP contribution in [-0.4, -0.2) is 32.8 Å². The van der Waals surface area contributed by atoms with Crippen molar-refractivity contribution in [1.82, 2.24) is 4.90 Å². The number of aryl methyl sites for hydroxylation is 1. The zero-order valence-corrected chi connectivity index (χ0v) is 11.4. The second kappa shape index (κ2) is 5.97. The normalized spacial score (nSPS) is 11.3. The molecule has 0 fully saturated rings. The van der Waals surface area contributed by atoms with Gasteiger partial charge in [0.15, 0.2) is 0 Å². The highest BCUT2D eigenvalue weighted by Crippen LogP contribution is 2.10. The van der Waals surface area contributed by atoms with Gasteiger partial charge in [-0.2, -0.15) is 0 Å². The van der Waals surface area contributed by atoms with E-state index in [9.17, 15) is 13.2 Å². The second-order valence-electron chi connectivity index (χ2n) is 4.10.